The van der Waals surface area contributed by atoms with Gasteiger partial charge in [-0.2, -0.15) is 0 Å². The molecule has 4 heteroatoms. The summed E-state index contributed by atoms with van der Waals surface area (Å²) in [5.74, 6) is 0.109. The van der Waals surface area contributed by atoms with Crippen LogP contribution >= 0.6 is 0 Å². The highest BCUT2D eigenvalue weighted by Gasteiger charge is 2.20. The summed E-state index contributed by atoms with van der Waals surface area (Å²) in [4.78, 5) is 17.4. The second-order valence-corrected chi connectivity index (χ2v) is 7.03. The topological polar surface area (TPSA) is 39.8 Å². The van der Waals surface area contributed by atoms with Crippen molar-refractivity contribution in [3.8, 4) is 0 Å². The number of aromatic nitrogens is 3. The lowest BCUT2D eigenvalue weighted by Gasteiger charge is -2.19. The highest BCUT2D eigenvalue weighted by atomic mass is 16.1. The van der Waals surface area contributed by atoms with E-state index in [4.69, 9.17) is 0 Å². The van der Waals surface area contributed by atoms with E-state index in [2.05, 4.69) is 47.7 Å². The summed E-state index contributed by atoms with van der Waals surface area (Å²) in [5, 5.41) is 0. The highest BCUT2D eigenvalue weighted by Crippen LogP contribution is 2.26. The Kier molecular flexibility index (Phi) is 4.40. The molecule has 2 aromatic heterocycles. The van der Waals surface area contributed by atoms with E-state index in [9.17, 15) is 4.79 Å². The molecule has 0 saturated heterocycles. The van der Waals surface area contributed by atoms with Gasteiger partial charge in [-0.25, -0.2) is 4.98 Å². The van der Waals surface area contributed by atoms with Gasteiger partial charge >= 0.3 is 0 Å². The van der Waals surface area contributed by atoms with Crippen molar-refractivity contribution in [2.75, 3.05) is 0 Å². The molecule has 0 N–H and O–H groups in total. The molecule has 136 valence electrons. The molecule has 4 nitrogen and oxygen atoms in total. The Bertz CT molecular complexity index is 1110. The van der Waals surface area contributed by atoms with Gasteiger partial charge in [-0.1, -0.05) is 42.5 Å². The number of ketones is 1. The predicted molar refractivity (Wildman–Crippen MR) is 108 cm³/mol. The van der Waals surface area contributed by atoms with Crippen molar-refractivity contribution in [3.63, 3.8) is 0 Å². The van der Waals surface area contributed by atoms with Crippen LogP contribution in [0.1, 0.15) is 40.3 Å². The van der Waals surface area contributed by atoms with E-state index in [0.29, 0.717) is 6.54 Å². The first-order chi connectivity index (χ1) is 13.1. The number of carbonyl (C=O) groups is 1. The van der Waals surface area contributed by atoms with Gasteiger partial charge < -0.3 is 9.13 Å². The quantitative estimate of drug-likeness (QED) is 0.474. The molecule has 0 saturated carbocycles. The van der Waals surface area contributed by atoms with Gasteiger partial charge in [0.15, 0.2) is 5.78 Å². The van der Waals surface area contributed by atoms with Crippen LogP contribution in [-0.4, -0.2) is 19.9 Å². The summed E-state index contributed by atoms with van der Waals surface area (Å²) < 4.78 is 4.17. The maximum absolute atomic E-state index is 13.0. The minimum Gasteiger partial charge on any atom is -0.341 e. The van der Waals surface area contributed by atoms with Crippen molar-refractivity contribution in [2.45, 2.75) is 33.4 Å². The molecule has 2 aromatic carbocycles. The van der Waals surface area contributed by atoms with Crippen molar-refractivity contribution in [3.05, 3.63) is 89.5 Å². The second kappa shape index (κ2) is 6.88. The number of hydrogen-bond acceptors (Lipinski definition) is 2. The van der Waals surface area contributed by atoms with Crippen molar-refractivity contribution < 1.29 is 4.79 Å². The number of Topliss-reactive ketones (excluding diaryl/α,β-unsaturated/α-hetero) is 1. The fraction of sp³-hybridized carbons (Fsp3) is 0.217. The number of benzene rings is 2. The Labute approximate surface area is 159 Å². The van der Waals surface area contributed by atoms with Gasteiger partial charge in [0.2, 0.25) is 0 Å². The third kappa shape index (κ3) is 3.08. The molecule has 0 spiro atoms. The van der Waals surface area contributed by atoms with Gasteiger partial charge in [0.1, 0.15) is 0 Å². The molecule has 4 rings (SSSR count). The van der Waals surface area contributed by atoms with Crippen LogP contribution in [-0.2, 0) is 6.54 Å². The monoisotopic (exact) mass is 357 g/mol. The SMILES string of the molecule is Cc1cc(C(=O)Cn2cnc3ccccc32)c(C)n1[C@@H](C)c1ccccc1. The molecule has 27 heavy (non-hydrogen) atoms. The van der Waals surface area contributed by atoms with Crippen LogP contribution in [0.3, 0.4) is 0 Å². The lowest BCUT2D eigenvalue weighted by molar-refractivity contribution is 0.0972. The number of imidazole rings is 1. The maximum Gasteiger partial charge on any atom is 0.184 e. The van der Waals surface area contributed by atoms with Crippen molar-refractivity contribution >= 4 is 16.8 Å². The molecule has 4 aromatic rings. The van der Waals surface area contributed by atoms with Gasteiger partial charge in [-0.05, 0) is 44.5 Å². The summed E-state index contributed by atoms with van der Waals surface area (Å²) in [6.07, 6.45) is 1.74. The molecule has 2 heterocycles. The van der Waals surface area contributed by atoms with E-state index in [1.807, 2.05) is 47.9 Å². The molecule has 0 radical (unpaired) electrons. The van der Waals surface area contributed by atoms with E-state index in [-0.39, 0.29) is 11.8 Å². The van der Waals surface area contributed by atoms with Crippen LogP contribution in [0, 0.1) is 13.8 Å². The molecule has 0 aliphatic carbocycles. The summed E-state index contributed by atoms with van der Waals surface area (Å²) in [7, 11) is 0. The van der Waals surface area contributed by atoms with Crippen LogP contribution in [0.25, 0.3) is 11.0 Å². The van der Waals surface area contributed by atoms with Gasteiger partial charge in [-0.15, -0.1) is 0 Å². The second-order valence-electron chi connectivity index (χ2n) is 7.03. The molecular formula is C23H23N3O. The summed E-state index contributed by atoms with van der Waals surface area (Å²) in [5.41, 5.74) is 6.03. The Hall–Kier alpha value is -3.14. The lowest BCUT2D eigenvalue weighted by Crippen LogP contribution is -2.13. The zero-order chi connectivity index (χ0) is 19.0. The number of aryl methyl sites for hydroxylation is 1. The number of rotatable bonds is 5. The van der Waals surface area contributed by atoms with E-state index in [1.54, 1.807) is 6.33 Å². The summed E-state index contributed by atoms with van der Waals surface area (Å²) >= 11 is 0. The number of nitrogens with zero attached hydrogens (tertiary/aromatic N) is 3. The van der Waals surface area contributed by atoms with Crippen molar-refractivity contribution in [2.24, 2.45) is 0 Å². The minimum atomic E-state index is 0.109. The average molecular weight is 357 g/mol. The number of fused-ring (bicyclic) bond motifs is 1. The van der Waals surface area contributed by atoms with Crippen LogP contribution in [0.15, 0.2) is 67.0 Å². The van der Waals surface area contributed by atoms with Gasteiger partial charge in [0, 0.05) is 17.0 Å². The van der Waals surface area contributed by atoms with Crippen LogP contribution in [0.2, 0.25) is 0 Å². The molecule has 0 aliphatic rings. The zero-order valence-corrected chi connectivity index (χ0v) is 15.9. The third-order valence-electron chi connectivity index (χ3n) is 5.30. The molecule has 0 amide bonds. The van der Waals surface area contributed by atoms with E-state index < -0.39 is 0 Å². The highest BCUT2D eigenvalue weighted by molar-refractivity contribution is 5.98. The maximum atomic E-state index is 13.0. The summed E-state index contributed by atoms with van der Waals surface area (Å²) in [6.45, 7) is 6.57. The minimum absolute atomic E-state index is 0.109. The van der Waals surface area contributed by atoms with Gasteiger partial charge in [-0.3, -0.25) is 4.79 Å². The predicted octanol–water partition coefficient (Wildman–Crippen LogP) is 4.95. The number of carbonyl (C=O) groups excluding carboxylic acids is 1. The van der Waals surface area contributed by atoms with Crippen LogP contribution in [0.4, 0.5) is 0 Å². The van der Waals surface area contributed by atoms with E-state index in [0.717, 1.165) is 28.0 Å². The summed E-state index contributed by atoms with van der Waals surface area (Å²) in [6, 6.07) is 20.5. The number of hydrogen-bond donors (Lipinski definition) is 0. The van der Waals surface area contributed by atoms with Crippen LogP contribution in [0.5, 0.6) is 0 Å². The molecule has 0 fully saturated rings. The fourth-order valence-corrected chi connectivity index (χ4v) is 3.91. The normalized spacial score (nSPS) is 12.4. The van der Waals surface area contributed by atoms with Gasteiger partial charge in [0.25, 0.3) is 0 Å². The first-order valence-corrected chi connectivity index (χ1v) is 9.22. The Balaban J connectivity index is 1.65. The molecule has 0 aliphatic heterocycles. The number of para-hydroxylation sites is 2. The first kappa shape index (κ1) is 17.3. The molecule has 0 bridgehead atoms. The average Bonchev–Trinajstić information content (AvgIpc) is 3.22. The Morgan fingerprint density at radius 3 is 2.52 bits per heavy atom. The Morgan fingerprint density at radius 2 is 1.74 bits per heavy atom. The van der Waals surface area contributed by atoms with Gasteiger partial charge in [0.05, 0.1) is 29.9 Å². The lowest BCUT2D eigenvalue weighted by atomic mass is 10.1. The van der Waals surface area contributed by atoms with Crippen molar-refractivity contribution in [1.82, 2.24) is 14.1 Å². The molecule has 1 atom stereocenters. The molecule has 0 unspecified atom stereocenters. The zero-order valence-electron chi connectivity index (χ0n) is 15.9. The smallest absolute Gasteiger partial charge is 0.184 e. The largest absolute Gasteiger partial charge is 0.341 e. The van der Waals surface area contributed by atoms with E-state index in [1.165, 1.54) is 5.56 Å². The molecular weight excluding hydrogens is 334 g/mol. The fourth-order valence-electron chi connectivity index (χ4n) is 3.91. The first-order valence-electron chi connectivity index (χ1n) is 9.22. The Morgan fingerprint density at radius 1 is 1.04 bits per heavy atom. The third-order valence-corrected chi connectivity index (χ3v) is 5.30. The van der Waals surface area contributed by atoms with Crippen molar-refractivity contribution in [1.29, 1.82) is 0 Å². The van der Waals surface area contributed by atoms with E-state index >= 15 is 0 Å². The standard InChI is InChI=1S/C23H23N3O/c1-16-13-20(18(3)26(16)17(2)19-9-5-4-6-10-19)23(27)14-25-15-24-21-11-7-8-12-22(21)25/h4-13,15,17H,14H2,1-3H3/t17-/m0/s1. The van der Waals surface area contributed by atoms with Crippen LogP contribution < -0.4 is 0 Å².